The minimum atomic E-state index is -4.82. The number of alkyl halides is 3. The molecule has 2 N–H and O–H groups in total. The van der Waals surface area contributed by atoms with Gasteiger partial charge in [0.05, 0.1) is 16.8 Å². The first-order valence-electron chi connectivity index (χ1n) is 9.70. The molecule has 4 rings (SSSR count). The Morgan fingerprint density at radius 3 is 2.30 bits per heavy atom. The molecule has 3 aromatic carbocycles. The van der Waals surface area contributed by atoms with Crippen molar-refractivity contribution in [2.24, 2.45) is 0 Å². The van der Waals surface area contributed by atoms with Gasteiger partial charge in [0, 0.05) is 11.3 Å². The van der Waals surface area contributed by atoms with Crippen LogP contribution in [0.2, 0.25) is 0 Å². The standard InChI is InChI=1S/C23H16F4N2O4/c24-14-6-4-13(5-7-14)21(30)28-15-8-9-18(17(12-15)23(25,26)27)29-22(31)16-2-1-3-19-20(16)33-11-10-32-19/h1-9,12H,10-11H2,(H,28,30)(H,29,31). The van der Waals surface area contributed by atoms with E-state index in [-0.39, 0.29) is 29.2 Å². The predicted octanol–water partition coefficient (Wildman–Crippen LogP) is 5.12. The predicted molar refractivity (Wildman–Crippen MR) is 111 cm³/mol. The van der Waals surface area contributed by atoms with Crippen molar-refractivity contribution in [3.8, 4) is 11.5 Å². The number of hydrogen-bond donors (Lipinski definition) is 2. The molecule has 33 heavy (non-hydrogen) atoms. The van der Waals surface area contributed by atoms with Gasteiger partial charge in [0.1, 0.15) is 19.0 Å². The summed E-state index contributed by atoms with van der Waals surface area (Å²) in [6, 6.07) is 12.0. The van der Waals surface area contributed by atoms with Crippen LogP contribution in [0.15, 0.2) is 60.7 Å². The highest BCUT2D eigenvalue weighted by Crippen LogP contribution is 2.38. The van der Waals surface area contributed by atoms with E-state index in [4.69, 9.17) is 9.47 Å². The Kier molecular flexibility index (Phi) is 5.91. The summed E-state index contributed by atoms with van der Waals surface area (Å²) in [5.74, 6) is -1.61. The number of para-hydroxylation sites is 1. The molecule has 0 fully saturated rings. The number of ether oxygens (including phenoxy) is 2. The molecule has 0 unspecified atom stereocenters. The summed E-state index contributed by atoms with van der Waals surface area (Å²) >= 11 is 0. The van der Waals surface area contributed by atoms with Crippen molar-refractivity contribution in [3.63, 3.8) is 0 Å². The lowest BCUT2D eigenvalue weighted by Crippen LogP contribution is -2.21. The molecule has 10 heteroatoms. The third kappa shape index (κ3) is 4.89. The number of benzene rings is 3. The molecule has 0 atom stereocenters. The highest BCUT2D eigenvalue weighted by molar-refractivity contribution is 6.08. The van der Waals surface area contributed by atoms with Crippen LogP contribution < -0.4 is 20.1 Å². The molecule has 1 aliphatic rings. The largest absolute Gasteiger partial charge is 0.486 e. The molecule has 0 bridgehead atoms. The fraction of sp³-hybridized carbons (Fsp3) is 0.130. The van der Waals surface area contributed by atoms with Crippen LogP contribution in [-0.2, 0) is 6.18 Å². The van der Waals surface area contributed by atoms with Crippen LogP contribution in [0.5, 0.6) is 11.5 Å². The molecule has 0 radical (unpaired) electrons. The van der Waals surface area contributed by atoms with E-state index in [1.54, 1.807) is 6.07 Å². The molecule has 1 aliphatic heterocycles. The topological polar surface area (TPSA) is 76.7 Å². The molecular weight excluding hydrogens is 444 g/mol. The highest BCUT2D eigenvalue weighted by Gasteiger charge is 2.35. The van der Waals surface area contributed by atoms with Crippen LogP contribution in [0, 0.1) is 5.82 Å². The van der Waals surface area contributed by atoms with Gasteiger partial charge in [0.15, 0.2) is 11.5 Å². The Morgan fingerprint density at radius 1 is 0.848 bits per heavy atom. The molecule has 1 heterocycles. The Morgan fingerprint density at radius 2 is 1.58 bits per heavy atom. The second-order valence-corrected chi connectivity index (χ2v) is 7.00. The zero-order valence-corrected chi connectivity index (χ0v) is 16.8. The Labute approximate surface area is 185 Å². The summed E-state index contributed by atoms with van der Waals surface area (Å²) in [4.78, 5) is 25.0. The maximum atomic E-state index is 13.7. The molecular formula is C23H16F4N2O4. The summed E-state index contributed by atoms with van der Waals surface area (Å²) in [6.45, 7) is 0.495. The average molecular weight is 460 g/mol. The van der Waals surface area contributed by atoms with Crippen molar-refractivity contribution in [1.29, 1.82) is 0 Å². The van der Waals surface area contributed by atoms with Crippen LogP contribution in [-0.4, -0.2) is 25.0 Å². The van der Waals surface area contributed by atoms with E-state index in [0.717, 1.165) is 18.2 Å². The summed E-state index contributed by atoms with van der Waals surface area (Å²) in [6.07, 6.45) is -4.82. The monoisotopic (exact) mass is 460 g/mol. The summed E-state index contributed by atoms with van der Waals surface area (Å²) in [5.41, 5.74) is -1.72. The van der Waals surface area contributed by atoms with Crippen molar-refractivity contribution in [3.05, 3.63) is 83.2 Å². The van der Waals surface area contributed by atoms with E-state index in [9.17, 15) is 27.2 Å². The van der Waals surface area contributed by atoms with Gasteiger partial charge in [-0.15, -0.1) is 0 Å². The lowest BCUT2D eigenvalue weighted by molar-refractivity contribution is -0.136. The third-order valence-electron chi connectivity index (χ3n) is 4.75. The molecule has 0 saturated carbocycles. The number of carbonyl (C=O) groups excluding carboxylic acids is 2. The van der Waals surface area contributed by atoms with E-state index in [1.165, 1.54) is 30.3 Å². The molecule has 6 nitrogen and oxygen atoms in total. The van der Waals surface area contributed by atoms with E-state index >= 15 is 0 Å². The number of anilines is 2. The normalized spacial score (nSPS) is 12.7. The summed E-state index contributed by atoms with van der Waals surface area (Å²) in [5, 5.41) is 4.59. The molecule has 2 amide bonds. The maximum absolute atomic E-state index is 13.7. The van der Waals surface area contributed by atoms with Gasteiger partial charge in [-0.1, -0.05) is 6.07 Å². The minimum Gasteiger partial charge on any atom is -0.486 e. The van der Waals surface area contributed by atoms with Gasteiger partial charge >= 0.3 is 6.18 Å². The van der Waals surface area contributed by atoms with Crippen molar-refractivity contribution < 1.29 is 36.6 Å². The molecule has 0 saturated heterocycles. The summed E-state index contributed by atoms with van der Waals surface area (Å²) < 4.78 is 65.0. The van der Waals surface area contributed by atoms with Crippen molar-refractivity contribution in [2.45, 2.75) is 6.18 Å². The molecule has 0 spiro atoms. The van der Waals surface area contributed by atoms with Gasteiger partial charge in [-0.2, -0.15) is 13.2 Å². The van der Waals surface area contributed by atoms with Crippen molar-refractivity contribution in [2.75, 3.05) is 23.8 Å². The zero-order valence-electron chi connectivity index (χ0n) is 16.8. The number of amides is 2. The van der Waals surface area contributed by atoms with E-state index in [1.807, 2.05) is 0 Å². The lowest BCUT2D eigenvalue weighted by Gasteiger charge is -2.21. The van der Waals surface area contributed by atoms with Gasteiger partial charge in [0.25, 0.3) is 11.8 Å². The summed E-state index contributed by atoms with van der Waals surface area (Å²) in [7, 11) is 0. The van der Waals surface area contributed by atoms with Crippen LogP contribution in [0.4, 0.5) is 28.9 Å². The second-order valence-electron chi connectivity index (χ2n) is 7.00. The smallest absolute Gasteiger partial charge is 0.418 e. The van der Waals surface area contributed by atoms with Crippen LogP contribution >= 0.6 is 0 Å². The van der Waals surface area contributed by atoms with Gasteiger partial charge < -0.3 is 20.1 Å². The molecule has 3 aromatic rings. The molecule has 0 aliphatic carbocycles. The molecule has 0 aromatic heterocycles. The Balaban J connectivity index is 1.59. The first-order valence-corrected chi connectivity index (χ1v) is 9.70. The number of rotatable bonds is 4. The quantitative estimate of drug-likeness (QED) is 0.530. The Hall–Kier alpha value is -4.08. The van der Waals surface area contributed by atoms with Gasteiger partial charge in [-0.05, 0) is 54.6 Å². The van der Waals surface area contributed by atoms with Gasteiger partial charge in [0.2, 0.25) is 0 Å². The minimum absolute atomic E-state index is 0.0222. The van der Waals surface area contributed by atoms with Crippen molar-refractivity contribution >= 4 is 23.2 Å². The number of halogens is 4. The number of carbonyl (C=O) groups is 2. The van der Waals surface area contributed by atoms with Crippen LogP contribution in [0.25, 0.3) is 0 Å². The van der Waals surface area contributed by atoms with Crippen LogP contribution in [0.1, 0.15) is 26.3 Å². The lowest BCUT2D eigenvalue weighted by atomic mass is 10.1. The first kappa shape index (κ1) is 22.1. The van der Waals surface area contributed by atoms with Crippen LogP contribution in [0.3, 0.4) is 0 Å². The average Bonchev–Trinajstić information content (AvgIpc) is 2.79. The Bertz CT molecular complexity index is 1210. The van der Waals surface area contributed by atoms with Crippen molar-refractivity contribution in [1.82, 2.24) is 0 Å². The SMILES string of the molecule is O=C(Nc1ccc(NC(=O)c2cccc3c2OCCO3)c(C(F)(F)F)c1)c1ccc(F)cc1. The molecule has 170 valence electrons. The highest BCUT2D eigenvalue weighted by atomic mass is 19.4. The second kappa shape index (κ2) is 8.81. The zero-order chi connectivity index (χ0) is 23.6. The van der Waals surface area contributed by atoms with E-state index in [0.29, 0.717) is 18.4 Å². The number of nitrogens with one attached hydrogen (secondary N) is 2. The maximum Gasteiger partial charge on any atom is 0.418 e. The van der Waals surface area contributed by atoms with Gasteiger partial charge in [-0.25, -0.2) is 4.39 Å². The third-order valence-corrected chi connectivity index (χ3v) is 4.75. The number of hydrogen-bond acceptors (Lipinski definition) is 4. The first-order chi connectivity index (χ1) is 15.7. The number of fused-ring (bicyclic) bond motifs is 1. The van der Waals surface area contributed by atoms with E-state index < -0.39 is 35.1 Å². The van der Waals surface area contributed by atoms with E-state index in [2.05, 4.69) is 10.6 Å². The fourth-order valence-electron chi connectivity index (χ4n) is 3.21. The fourth-order valence-corrected chi connectivity index (χ4v) is 3.21. The van der Waals surface area contributed by atoms with Gasteiger partial charge in [-0.3, -0.25) is 9.59 Å².